The van der Waals surface area contributed by atoms with E-state index in [0.29, 0.717) is 23.5 Å². The Morgan fingerprint density at radius 3 is 2.71 bits per heavy atom. The minimum Gasteiger partial charge on any atom is -0.394 e. The fraction of sp³-hybridized carbons (Fsp3) is 0.389. The van der Waals surface area contributed by atoms with Gasteiger partial charge in [0.1, 0.15) is 17.8 Å². The average molecular weight is 386 g/mol. The number of nitrogen functional groups attached to an aromatic ring is 1. The predicted octanol–water partition coefficient (Wildman–Crippen LogP) is 0.0222. The van der Waals surface area contributed by atoms with Crippen LogP contribution in [-0.2, 0) is 11.3 Å². The third-order valence-corrected chi connectivity index (χ3v) is 4.93. The number of aromatic nitrogens is 4. The number of nitrogens with one attached hydrogen (secondary N) is 1. The third kappa shape index (κ3) is 3.06. The van der Waals surface area contributed by atoms with Gasteiger partial charge in [0.25, 0.3) is 0 Å². The zero-order valence-electron chi connectivity index (χ0n) is 15.2. The number of benzene rings is 1. The lowest BCUT2D eigenvalue weighted by Gasteiger charge is -2.27. The summed E-state index contributed by atoms with van der Waals surface area (Å²) in [5.74, 6) is 0.476. The van der Waals surface area contributed by atoms with Crippen LogP contribution >= 0.6 is 0 Å². The van der Waals surface area contributed by atoms with Crippen LogP contribution in [0.4, 0.5) is 11.8 Å². The van der Waals surface area contributed by atoms with E-state index >= 15 is 0 Å². The van der Waals surface area contributed by atoms with Gasteiger partial charge in [0.05, 0.1) is 12.9 Å². The second-order valence-corrected chi connectivity index (χ2v) is 6.97. The standard InChI is InChI=1S/C18H22N6O4/c1-18(27)13(26)11(8-25)28-16(18)24-9-21-12-14(22-17(19)23-15(12)24)20-7-10-5-3-2-4-6-10/h2-6,9,11,13,16,25-27H,7-8H2,1H3,(H3,19,20,22,23)/t11-,13-,16?,18-/m1/s1. The molecule has 6 N–H and O–H groups in total. The molecule has 1 fully saturated rings. The monoisotopic (exact) mass is 386 g/mol. The summed E-state index contributed by atoms with van der Waals surface area (Å²) in [4.78, 5) is 12.8. The van der Waals surface area contributed by atoms with E-state index in [1.165, 1.54) is 17.8 Å². The maximum atomic E-state index is 10.7. The van der Waals surface area contributed by atoms with Crippen molar-refractivity contribution in [3.8, 4) is 0 Å². The summed E-state index contributed by atoms with van der Waals surface area (Å²) in [6.07, 6.45) is -1.75. The van der Waals surface area contributed by atoms with Crippen LogP contribution in [0.2, 0.25) is 0 Å². The Kier molecular flexibility index (Phi) is 4.63. The van der Waals surface area contributed by atoms with Gasteiger partial charge in [-0.05, 0) is 12.5 Å². The zero-order chi connectivity index (χ0) is 19.9. The lowest BCUT2D eigenvalue weighted by molar-refractivity contribution is -0.0950. The summed E-state index contributed by atoms with van der Waals surface area (Å²) in [6, 6.07) is 9.78. The quantitative estimate of drug-likeness (QED) is 0.409. The summed E-state index contributed by atoms with van der Waals surface area (Å²) in [6.45, 7) is 1.52. The fourth-order valence-corrected chi connectivity index (χ4v) is 3.40. The van der Waals surface area contributed by atoms with Crippen LogP contribution < -0.4 is 11.1 Å². The highest BCUT2D eigenvalue weighted by Gasteiger charge is 2.53. The molecule has 3 heterocycles. The maximum absolute atomic E-state index is 10.7. The van der Waals surface area contributed by atoms with Gasteiger partial charge in [-0.3, -0.25) is 4.57 Å². The van der Waals surface area contributed by atoms with E-state index < -0.39 is 30.6 Å². The lowest BCUT2D eigenvalue weighted by Crippen LogP contribution is -2.44. The van der Waals surface area contributed by atoms with E-state index in [2.05, 4.69) is 20.3 Å². The van der Waals surface area contributed by atoms with Gasteiger partial charge in [-0.15, -0.1) is 0 Å². The summed E-state index contributed by atoms with van der Waals surface area (Å²) in [5, 5.41) is 33.5. The SMILES string of the molecule is C[C@]1(O)C(n2cnc3c(NCc4ccccc4)nc(N)nc32)O[C@H](CO)[C@H]1O. The molecular weight excluding hydrogens is 364 g/mol. The van der Waals surface area contributed by atoms with Crippen molar-refractivity contribution in [2.75, 3.05) is 17.7 Å². The van der Waals surface area contributed by atoms with Crippen molar-refractivity contribution >= 4 is 22.9 Å². The molecule has 0 aliphatic carbocycles. The number of hydrogen-bond acceptors (Lipinski definition) is 9. The molecule has 1 aliphatic rings. The smallest absolute Gasteiger partial charge is 0.224 e. The van der Waals surface area contributed by atoms with Crippen LogP contribution in [-0.4, -0.2) is 59.3 Å². The number of nitrogens with two attached hydrogens (primary N) is 1. The Bertz CT molecular complexity index is 977. The Morgan fingerprint density at radius 2 is 2.04 bits per heavy atom. The van der Waals surface area contributed by atoms with Gasteiger partial charge in [0.2, 0.25) is 5.95 Å². The Morgan fingerprint density at radius 1 is 1.29 bits per heavy atom. The number of anilines is 2. The van der Waals surface area contributed by atoms with Crippen LogP contribution in [0.3, 0.4) is 0 Å². The van der Waals surface area contributed by atoms with Crippen LogP contribution in [0.15, 0.2) is 36.7 Å². The molecule has 4 rings (SSSR count). The van der Waals surface area contributed by atoms with Gasteiger partial charge in [0, 0.05) is 6.54 Å². The molecule has 1 saturated heterocycles. The van der Waals surface area contributed by atoms with Gasteiger partial charge in [-0.1, -0.05) is 30.3 Å². The van der Waals surface area contributed by atoms with Gasteiger partial charge < -0.3 is 31.1 Å². The summed E-state index contributed by atoms with van der Waals surface area (Å²) in [5.41, 5.74) is 6.07. The normalized spacial score (nSPS) is 27.4. The molecule has 0 saturated carbocycles. The molecule has 1 aliphatic heterocycles. The van der Waals surface area contributed by atoms with Crippen molar-refractivity contribution in [1.82, 2.24) is 19.5 Å². The fourth-order valence-electron chi connectivity index (χ4n) is 3.40. The van der Waals surface area contributed by atoms with Gasteiger partial charge in [-0.2, -0.15) is 9.97 Å². The van der Waals surface area contributed by atoms with Crippen molar-refractivity contribution < 1.29 is 20.1 Å². The molecule has 148 valence electrons. The number of rotatable bonds is 5. The van der Waals surface area contributed by atoms with Crippen LogP contribution in [0.1, 0.15) is 18.7 Å². The van der Waals surface area contributed by atoms with Crippen LogP contribution in [0, 0.1) is 0 Å². The highest BCUT2D eigenvalue weighted by Crippen LogP contribution is 2.39. The first-order valence-corrected chi connectivity index (χ1v) is 8.86. The topological polar surface area (TPSA) is 152 Å². The molecule has 0 amide bonds. The Balaban J connectivity index is 1.69. The number of nitrogens with zero attached hydrogens (tertiary/aromatic N) is 4. The number of imidazole rings is 1. The van der Waals surface area contributed by atoms with E-state index in [1.807, 2.05) is 30.3 Å². The van der Waals surface area contributed by atoms with E-state index in [0.717, 1.165) is 5.56 Å². The Labute approximate surface area is 160 Å². The first-order chi connectivity index (χ1) is 13.4. The van der Waals surface area contributed by atoms with Gasteiger partial charge in [0.15, 0.2) is 23.2 Å². The minimum absolute atomic E-state index is 0.0294. The van der Waals surface area contributed by atoms with Crippen molar-refractivity contribution in [3.63, 3.8) is 0 Å². The molecule has 1 unspecified atom stereocenters. The van der Waals surface area contributed by atoms with E-state index in [4.69, 9.17) is 10.5 Å². The zero-order valence-corrected chi connectivity index (χ0v) is 15.2. The largest absolute Gasteiger partial charge is 0.394 e. The van der Waals surface area contributed by atoms with Crippen molar-refractivity contribution in [2.24, 2.45) is 0 Å². The second-order valence-electron chi connectivity index (χ2n) is 6.97. The molecule has 0 radical (unpaired) electrons. The van der Waals surface area contributed by atoms with Crippen LogP contribution in [0.5, 0.6) is 0 Å². The summed E-state index contributed by atoms with van der Waals surface area (Å²) < 4.78 is 7.14. The van der Waals surface area contributed by atoms with Crippen molar-refractivity contribution in [3.05, 3.63) is 42.2 Å². The second kappa shape index (κ2) is 6.99. The third-order valence-electron chi connectivity index (χ3n) is 4.93. The van der Waals surface area contributed by atoms with E-state index in [1.54, 1.807) is 0 Å². The molecule has 0 bridgehead atoms. The Hall–Kier alpha value is -2.79. The number of hydrogen-bond donors (Lipinski definition) is 5. The highest BCUT2D eigenvalue weighted by atomic mass is 16.6. The molecule has 1 aromatic carbocycles. The van der Waals surface area contributed by atoms with E-state index in [9.17, 15) is 15.3 Å². The lowest BCUT2D eigenvalue weighted by atomic mass is 9.96. The van der Waals surface area contributed by atoms with Crippen LogP contribution in [0.25, 0.3) is 11.2 Å². The first-order valence-electron chi connectivity index (χ1n) is 8.86. The number of ether oxygens (including phenoxy) is 1. The molecule has 28 heavy (non-hydrogen) atoms. The number of aliphatic hydroxyl groups is 3. The first kappa shape index (κ1) is 18.6. The van der Waals surface area contributed by atoms with E-state index in [-0.39, 0.29) is 5.95 Å². The van der Waals surface area contributed by atoms with Gasteiger partial charge >= 0.3 is 0 Å². The molecule has 0 spiro atoms. The van der Waals surface area contributed by atoms with Gasteiger partial charge in [-0.25, -0.2) is 4.98 Å². The summed E-state index contributed by atoms with van der Waals surface area (Å²) in [7, 11) is 0. The molecule has 3 aromatic rings. The number of fused-ring (bicyclic) bond motifs is 1. The molecule has 2 aromatic heterocycles. The number of aliphatic hydroxyl groups excluding tert-OH is 2. The molecule has 4 atom stereocenters. The molecular formula is C18H22N6O4. The van der Waals surface area contributed by atoms with Crippen molar-refractivity contribution in [1.29, 1.82) is 0 Å². The maximum Gasteiger partial charge on any atom is 0.224 e. The summed E-state index contributed by atoms with van der Waals surface area (Å²) >= 11 is 0. The highest BCUT2D eigenvalue weighted by molar-refractivity contribution is 5.84. The minimum atomic E-state index is -1.65. The average Bonchev–Trinajstić information content (AvgIpc) is 3.19. The molecule has 10 heteroatoms. The predicted molar refractivity (Wildman–Crippen MR) is 101 cm³/mol. The molecule has 10 nitrogen and oxygen atoms in total. The van der Waals surface area contributed by atoms with Crippen molar-refractivity contribution in [2.45, 2.75) is 37.5 Å².